The minimum Gasteiger partial charge on any atom is -0.497 e. The van der Waals surface area contributed by atoms with E-state index >= 15 is 0 Å². The number of carbonyl (C=O) groups excluding carboxylic acids is 1. The molecule has 0 spiro atoms. The van der Waals surface area contributed by atoms with E-state index in [0.717, 1.165) is 11.5 Å². The summed E-state index contributed by atoms with van der Waals surface area (Å²) in [4.78, 5) is 11.7. The van der Waals surface area contributed by atoms with Crippen LogP contribution in [0.3, 0.4) is 0 Å². The Morgan fingerprint density at radius 2 is 1.96 bits per heavy atom. The van der Waals surface area contributed by atoms with Crippen molar-refractivity contribution in [3.05, 3.63) is 36.1 Å². The highest BCUT2D eigenvalue weighted by molar-refractivity contribution is 5.89. The van der Waals surface area contributed by atoms with Crippen LogP contribution in [0.15, 0.2) is 34.9 Å². The zero-order chi connectivity index (χ0) is 16.5. The fourth-order valence-corrected chi connectivity index (χ4v) is 1.87. The third-order valence-electron chi connectivity index (χ3n) is 3.03. The zero-order valence-electron chi connectivity index (χ0n) is 13.3. The summed E-state index contributed by atoms with van der Waals surface area (Å²) in [7, 11) is 1.62. The van der Waals surface area contributed by atoms with Crippen molar-refractivity contribution >= 4 is 11.7 Å². The summed E-state index contributed by atoms with van der Waals surface area (Å²) in [6.07, 6.45) is 0.356. The molecule has 124 valence electrons. The number of hydrogen-bond donors (Lipinski definition) is 2. The van der Waals surface area contributed by atoms with Crippen LogP contribution >= 0.6 is 0 Å². The standard InChI is InChI=1S/C16H21N3O4/c1-12-11-15(19-23-12)18-16(20)7-8-17-9-10-22-14-5-3-13(21-2)4-6-14/h3-6,11,17H,7-10H2,1-2H3,(H,18,19,20). The number of ether oxygens (including phenoxy) is 2. The first-order valence-corrected chi connectivity index (χ1v) is 7.38. The number of nitrogens with one attached hydrogen (secondary N) is 2. The number of methoxy groups -OCH3 is 1. The molecular formula is C16H21N3O4. The van der Waals surface area contributed by atoms with Crippen LogP contribution in [-0.4, -0.2) is 37.9 Å². The molecule has 1 aromatic carbocycles. The number of nitrogens with zero attached hydrogens (tertiary/aromatic N) is 1. The van der Waals surface area contributed by atoms with E-state index in [0.29, 0.717) is 37.7 Å². The van der Waals surface area contributed by atoms with Crippen LogP contribution in [0.25, 0.3) is 0 Å². The van der Waals surface area contributed by atoms with Crippen LogP contribution in [0.2, 0.25) is 0 Å². The van der Waals surface area contributed by atoms with E-state index in [1.54, 1.807) is 20.1 Å². The van der Waals surface area contributed by atoms with Crippen LogP contribution in [0.1, 0.15) is 12.2 Å². The van der Waals surface area contributed by atoms with Crippen LogP contribution in [0.4, 0.5) is 5.82 Å². The SMILES string of the molecule is COc1ccc(OCCNCCC(=O)Nc2cc(C)on2)cc1. The van der Waals surface area contributed by atoms with Crippen molar-refractivity contribution < 1.29 is 18.8 Å². The Hall–Kier alpha value is -2.54. The molecule has 2 aromatic rings. The number of carbonyl (C=O) groups is 1. The summed E-state index contributed by atoms with van der Waals surface area (Å²) in [6, 6.07) is 9.07. The summed E-state index contributed by atoms with van der Waals surface area (Å²) in [5, 5.41) is 9.51. The maximum atomic E-state index is 11.7. The number of amides is 1. The summed E-state index contributed by atoms with van der Waals surface area (Å²) in [6.45, 7) is 3.51. The molecule has 0 bridgehead atoms. The van der Waals surface area contributed by atoms with Gasteiger partial charge in [0.2, 0.25) is 5.91 Å². The number of benzene rings is 1. The summed E-state index contributed by atoms with van der Waals surface area (Å²) in [5.41, 5.74) is 0. The molecule has 7 heteroatoms. The predicted octanol–water partition coefficient (Wildman–Crippen LogP) is 1.99. The molecule has 0 aliphatic rings. The Morgan fingerprint density at radius 3 is 2.61 bits per heavy atom. The molecule has 0 aliphatic carbocycles. The average Bonchev–Trinajstić information content (AvgIpc) is 2.96. The summed E-state index contributed by atoms with van der Waals surface area (Å²) >= 11 is 0. The minimum absolute atomic E-state index is 0.109. The smallest absolute Gasteiger partial charge is 0.226 e. The summed E-state index contributed by atoms with van der Waals surface area (Å²) in [5.74, 6) is 2.57. The lowest BCUT2D eigenvalue weighted by atomic mass is 10.3. The van der Waals surface area contributed by atoms with Crippen LogP contribution in [0.5, 0.6) is 11.5 Å². The molecule has 0 fully saturated rings. The van der Waals surface area contributed by atoms with E-state index in [9.17, 15) is 4.79 Å². The van der Waals surface area contributed by atoms with Gasteiger partial charge >= 0.3 is 0 Å². The maximum absolute atomic E-state index is 11.7. The van der Waals surface area contributed by atoms with E-state index in [1.807, 2.05) is 24.3 Å². The molecule has 23 heavy (non-hydrogen) atoms. The van der Waals surface area contributed by atoms with Crippen molar-refractivity contribution in [1.82, 2.24) is 10.5 Å². The van der Waals surface area contributed by atoms with Gasteiger partial charge in [-0.25, -0.2) is 0 Å². The van der Waals surface area contributed by atoms with Gasteiger partial charge in [0, 0.05) is 25.6 Å². The van der Waals surface area contributed by atoms with Gasteiger partial charge in [-0.05, 0) is 31.2 Å². The van der Waals surface area contributed by atoms with Crippen molar-refractivity contribution in [3.8, 4) is 11.5 Å². The van der Waals surface area contributed by atoms with Gasteiger partial charge in [0.15, 0.2) is 5.82 Å². The topological polar surface area (TPSA) is 85.6 Å². The fourth-order valence-electron chi connectivity index (χ4n) is 1.87. The Labute approximate surface area is 134 Å². The first kappa shape index (κ1) is 16.8. The monoisotopic (exact) mass is 319 g/mol. The molecule has 0 unspecified atom stereocenters. The fraction of sp³-hybridized carbons (Fsp3) is 0.375. The second kappa shape index (κ2) is 8.79. The minimum atomic E-state index is -0.109. The normalized spacial score (nSPS) is 10.3. The van der Waals surface area contributed by atoms with Crippen molar-refractivity contribution in [1.29, 1.82) is 0 Å². The quantitative estimate of drug-likeness (QED) is 0.688. The van der Waals surface area contributed by atoms with Gasteiger partial charge in [0.25, 0.3) is 0 Å². The molecular weight excluding hydrogens is 298 g/mol. The maximum Gasteiger partial charge on any atom is 0.226 e. The van der Waals surface area contributed by atoms with Gasteiger partial charge in [-0.2, -0.15) is 0 Å². The molecule has 0 aliphatic heterocycles. The van der Waals surface area contributed by atoms with Crippen molar-refractivity contribution in [2.75, 3.05) is 32.1 Å². The van der Waals surface area contributed by atoms with Gasteiger partial charge in [-0.3, -0.25) is 4.79 Å². The predicted molar refractivity (Wildman–Crippen MR) is 85.8 cm³/mol. The molecule has 0 atom stereocenters. The van der Waals surface area contributed by atoms with E-state index in [4.69, 9.17) is 14.0 Å². The number of aryl methyl sites for hydroxylation is 1. The molecule has 1 amide bonds. The highest BCUT2D eigenvalue weighted by atomic mass is 16.5. The largest absolute Gasteiger partial charge is 0.497 e. The van der Waals surface area contributed by atoms with Crippen molar-refractivity contribution in [2.45, 2.75) is 13.3 Å². The molecule has 0 saturated heterocycles. The lowest BCUT2D eigenvalue weighted by molar-refractivity contribution is -0.116. The van der Waals surface area contributed by atoms with E-state index in [-0.39, 0.29) is 5.91 Å². The third-order valence-corrected chi connectivity index (χ3v) is 3.03. The highest BCUT2D eigenvalue weighted by Crippen LogP contribution is 2.16. The van der Waals surface area contributed by atoms with E-state index in [1.165, 1.54) is 0 Å². The van der Waals surface area contributed by atoms with Crippen LogP contribution in [-0.2, 0) is 4.79 Å². The van der Waals surface area contributed by atoms with Gasteiger partial charge in [-0.15, -0.1) is 0 Å². The Morgan fingerprint density at radius 1 is 1.22 bits per heavy atom. The molecule has 0 saturated carbocycles. The Kier molecular flexibility index (Phi) is 6.43. The lowest BCUT2D eigenvalue weighted by Crippen LogP contribution is -2.25. The summed E-state index contributed by atoms with van der Waals surface area (Å²) < 4.78 is 15.5. The third kappa shape index (κ3) is 5.99. The molecule has 2 N–H and O–H groups in total. The molecule has 1 heterocycles. The van der Waals surface area contributed by atoms with E-state index < -0.39 is 0 Å². The Balaban J connectivity index is 1.54. The number of anilines is 1. The molecule has 0 radical (unpaired) electrons. The van der Waals surface area contributed by atoms with Crippen molar-refractivity contribution in [2.24, 2.45) is 0 Å². The zero-order valence-corrected chi connectivity index (χ0v) is 13.3. The van der Waals surface area contributed by atoms with Gasteiger partial charge in [0.05, 0.1) is 7.11 Å². The number of hydrogen-bond acceptors (Lipinski definition) is 6. The van der Waals surface area contributed by atoms with E-state index in [2.05, 4.69) is 15.8 Å². The second-order valence-corrected chi connectivity index (χ2v) is 4.89. The average molecular weight is 319 g/mol. The van der Waals surface area contributed by atoms with Gasteiger partial charge in [-0.1, -0.05) is 5.16 Å². The molecule has 1 aromatic heterocycles. The van der Waals surface area contributed by atoms with Gasteiger partial charge < -0.3 is 24.6 Å². The lowest BCUT2D eigenvalue weighted by Gasteiger charge is -2.08. The molecule has 7 nitrogen and oxygen atoms in total. The van der Waals surface area contributed by atoms with Gasteiger partial charge in [0.1, 0.15) is 23.9 Å². The van der Waals surface area contributed by atoms with Crippen LogP contribution in [0, 0.1) is 6.92 Å². The first-order chi connectivity index (χ1) is 11.2. The second-order valence-electron chi connectivity index (χ2n) is 4.89. The number of aromatic nitrogens is 1. The van der Waals surface area contributed by atoms with Crippen LogP contribution < -0.4 is 20.1 Å². The van der Waals surface area contributed by atoms with Crippen molar-refractivity contribution in [3.63, 3.8) is 0 Å². The Bertz CT molecular complexity index is 610. The molecule has 2 rings (SSSR count). The first-order valence-electron chi connectivity index (χ1n) is 7.38. The highest BCUT2D eigenvalue weighted by Gasteiger charge is 2.05. The number of rotatable bonds is 9.